The van der Waals surface area contributed by atoms with E-state index in [0.29, 0.717) is 5.69 Å². The average molecular weight is 296 g/mol. The van der Waals surface area contributed by atoms with E-state index >= 15 is 0 Å². The molecule has 4 N–H and O–H groups in total. The zero-order valence-corrected chi connectivity index (χ0v) is 12.6. The van der Waals surface area contributed by atoms with E-state index in [0.717, 1.165) is 0 Å². The molecule has 0 atom stereocenters. The minimum Gasteiger partial charge on any atom is 1.00 e. The molecule has 1 aromatic rings. The third kappa shape index (κ3) is 5.20. The van der Waals surface area contributed by atoms with E-state index in [1.807, 2.05) is 0 Å². The summed E-state index contributed by atoms with van der Waals surface area (Å²) in [5.74, 6) is -0.557. The zero-order chi connectivity index (χ0) is 11.5. The molecule has 1 aromatic carbocycles. The van der Waals surface area contributed by atoms with Crippen LogP contribution < -0.4 is 39.6 Å². The van der Waals surface area contributed by atoms with Gasteiger partial charge in [-0.1, -0.05) is 0 Å². The molecule has 0 spiro atoms. The summed E-state index contributed by atoms with van der Waals surface area (Å²) in [5.41, 5.74) is 5.34. The van der Waals surface area contributed by atoms with Crippen molar-refractivity contribution in [2.75, 3.05) is 6.54 Å². The molecule has 0 heterocycles. The van der Waals surface area contributed by atoms with Crippen LogP contribution in [0.5, 0.6) is 0 Å². The topological polar surface area (TPSA) is 115 Å². The summed E-state index contributed by atoms with van der Waals surface area (Å²) in [4.78, 5) is 10.4. The first kappa shape index (κ1) is 15.8. The maximum absolute atomic E-state index is 10.9. The van der Waals surface area contributed by atoms with Gasteiger partial charge in [0.1, 0.15) is 0 Å². The van der Waals surface area contributed by atoms with Crippen LogP contribution in [0.3, 0.4) is 0 Å². The predicted octanol–water partition coefficient (Wildman–Crippen LogP) is -4.26. The fraction of sp³-hybridized carbons (Fsp3) is 0.125. The number of amides is 1. The molecule has 0 aliphatic heterocycles. The fourth-order valence-corrected chi connectivity index (χ4v) is 2.05. The number of primary amides is 1. The second-order valence-corrected chi connectivity index (χ2v) is 6.21. The zero-order valence-electron chi connectivity index (χ0n) is 8.70. The summed E-state index contributed by atoms with van der Waals surface area (Å²) in [7, 11) is 0. The molecule has 16 heavy (non-hydrogen) atoms. The van der Waals surface area contributed by atoms with Crippen LogP contribution in [0.2, 0.25) is 0 Å². The summed E-state index contributed by atoms with van der Waals surface area (Å²) >= 11 is -4.81. The Balaban J connectivity index is 0.00000225. The molecule has 0 aliphatic carbocycles. The van der Waals surface area contributed by atoms with Crippen molar-refractivity contribution in [1.29, 1.82) is 0 Å². The quantitative estimate of drug-likeness (QED) is 0.488. The third-order valence-electron chi connectivity index (χ3n) is 1.60. The molecule has 6 nitrogen and oxygen atoms in total. The minimum atomic E-state index is -4.81. The van der Waals surface area contributed by atoms with Gasteiger partial charge in [-0.3, -0.25) is 0 Å². The first-order valence-electron chi connectivity index (χ1n) is 4.01. The van der Waals surface area contributed by atoms with Gasteiger partial charge in [-0.05, 0) is 0 Å². The third-order valence-corrected chi connectivity index (χ3v) is 3.64. The molecule has 0 saturated heterocycles. The first-order chi connectivity index (χ1) is 6.89. The molecule has 0 aliphatic rings. The van der Waals surface area contributed by atoms with Crippen molar-refractivity contribution in [2.45, 2.75) is 0 Å². The molecule has 0 radical (unpaired) electrons. The Hall–Kier alpha value is -0.232. The summed E-state index contributed by atoms with van der Waals surface area (Å²) in [6, 6.07) is 5.44. The number of benzene rings is 1. The van der Waals surface area contributed by atoms with Gasteiger partial charge in [0.05, 0.1) is 0 Å². The fourth-order valence-electron chi connectivity index (χ4n) is 0.921. The Bertz CT molecular complexity index is 403. The SMILES string of the molecule is NC(=O)C[N-]c1ccc([As](=O)(O)O)cc1.[Na+]. The van der Waals surface area contributed by atoms with Crippen LogP contribution in [0.15, 0.2) is 24.3 Å². The average Bonchev–Trinajstić information content (AvgIpc) is 2.14. The molecule has 0 unspecified atom stereocenters. The number of carbonyl (C=O) groups is 1. The molecule has 0 bridgehead atoms. The van der Waals surface area contributed by atoms with Gasteiger partial charge in [0.25, 0.3) is 0 Å². The van der Waals surface area contributed by atoms with Crippen LogP contribution in [-0.4, -0.2) is 34.8 Å². The van der Waals surface area contributed by atoms with Crippen LogP contribution in [-0.2, 0) is 8.53 Å². The number of nitrogens with zero attached hydrogens (tertiary/aromatic N) is 1. The van der Waals surface area contributed by atoms with E-state index < -0.39 is 20.1 Å². The number of hydrogen-bond donors (Lipinski definition) is 3. The summed E-state index contributed by atoms with van der Waals surface area (Å²) in [6.45, 7) is -0.139. The number of hydrogen-bond acceptors (Lipinski definition) is 2. The Kier molecular flexibility index (Phi) is 6.40. The predicted molar refractivity (Wildman–Crippen MR) is 54.0 cm³/mol. The van der Waals surface area contributed by atoms with Crippen LogP contribution in [0.25, 0.3) is 5.32 Å². The standard InChI is InChI=1S/C8H11AsN2O4.Na/c10-8(12)5-11-7-3-1-6(2-4-7)9(13,14)15;/h1-4H,5H2,(H5,10,11,12,13,14,15);/q;+1/p-1. The maximum atomic E-state index is 10.9. The Morgan fingerprint density at radius 1 is 1.31 bits per heavy atom. The molecular formula is C8H10AsN2NaO4. The van der Waals surface area contributed by atoms with Crippen LogP contribution in [0, 0.1) is 0 Å². The van der Waals surface area contributed by atoms with Gasteiger partial charge in [0, 0.05) is 0 Å². The van der Waals surface area contributed by atoms with Gasteiger partial charge in [-0.15, -0.1) is 0 Å². The number of carbonyl (C=O) groups excluding carboxylic acids is 1. The van der Waals surface area contributed by atoms with E-state index in [2.05, 4.69) is 5.32 Å². The largest absolute Gasteiger partial charge is 1.00 e. The van der Waals surface area contributed by atoms with Crippen molar-refractivity contribution in [3.63, 3.8) is 0 Å². The first-order valence-corrected chi connectivity index (χ1v) is 7.40. The van der Waals surface area contributed by atoms with Crippen molar-refractivity contribution < 1.29 is 46.3 Å². The minimum absolute atomic E-state index is 0. The summed E-state index contributed by atoms with van der Waals surface area (Å²) in [5, 5.41) is 3.81. The number of rotatable bonds is 4. The van der Waals surface area contributed by atoms with Crippen LogP contribution >= 0.6 is 0 Å². The molecule has 0 aromatic heterocycles. The number of nitrogens with two attached hydrogens (primary N) is 1. The summed E-state index contributed by atoms with van der Waals surface area (Å²) in [6.07, 6.45) is 0. The van der Waals surface area contributed by atoms with Gasteiger partial charge >= 0.3 is 118 Å². The van der Waals surface area contributed by atoms with Crippen molar-refractivity contribution in [3.05, 3.63) is 29.6 Å². The van der Waals surface area contributed by atoms with E-state index in [1.165, 1.54) is 24.3 Å². The van der Waals surface area contributed by atoms with Crippen molar-refractivity contribution in [3.8, 4) is 0 Å². The smallest absolute Gasteiger partial charge is 1.00 e. The van der Waals surface area contributed by atoms with Gasteiger partial charge < -0.3 is 0 Å². The van der Waals surface area contributed by atoms with Gasteiger partial charge in [-0.2, -0.15) is 0 Å². The monoisotopic (exact) mass is 296 g/mol. The molecule has 0 fully saturated rings. The van der Waals surface area contributed by atoms with Crippen molar-refractivity contribution >= 4 is 30.1 Å². The Labute approximate surface area is 118 Å². The molecule has 82 valence electrons. The summed E-state index contributed by atoms with van der Waals surface area (Å²) < 4.78 is 28.6. The van der Waals surface area contributed by atoms with E-state index in [9.17, 15) is 8.53 Å². The van der Waals surface area contributed by atoms with Crippen LogP contribution in [0.4, 0.5) is 5.69 Å². The molecule has 1 amide bonds. The van der Waals surface area contributed by atoms with Gasteiger partial charge in [0.2, 0.25) is 0 Å². The molecule has 8 heteroatoms. The normalized spacial score (nSPS) is 10.4. The van der Waals surface area contributed by atoms with Crippen molar-refractivity contribution in [2.24, 2.45) is 5.73 Å². The molecule has 0 saturated carbocycles. The Morgan fingerprint density at radius 3 is 2.19 bits per heavy atom. The second kappa shape index (κ2) is 6.49. The second-order valence-electron chi connectivity index (χ2n) is 2.84. The maximum Gasteiger partial charge on any atom is 1.00 e. The van der Waals surface area contributed by atoms with Gasteiger partial charge in [0.15, 0.2) is 0 Å². The van der Waals surface area contributed by atoms with Gasteiger partial charge in [-0.25, -0.2) is 0 Å². The Morgan fingerprint density at radius 2 is 1.81 bits per heavy atom. The van der Waals surface area contributed by atoms with Crippen LogP contribution in [0.1, 0.15) is 0 Å². The van der Waals surface area contributed by atoms with E-state index in [1.54, 1.807) is 0 Å². The van der Waals surface area contributed by atoms with E-state index in [4.69, 9.17) is 13.9 Å². The molecule has 1 rings (SSSR count). The molecular weight excluding hydrogens is 286 g/mol. The van der Waals surface area contributed by atoms with E-state index in [-0.39, 0.29) is 40.5 Å². The van der Waals surface area contributed by atoms with Crippen molar-refractivity contribution in [1.82, 2.24) is 0 Å².